The summed E-state index contributed by atoms with van der Waals surface area (Å²) in [7, 11) is 0. The van der Waals surface area contributed by atoms with Crippen LogP contribution in [0.2, 0.25) is 0 Å². The Balaban J connectivity index is 1.06. The molecule has 2 heterocycles. The predicted octanol–water partition coefficient (Wildman–Crippen LogP) is 14.6. The number of furan rings is 1. The normalized spacial score (nSPS) is 11.6. The van der Waals surface area contributed by atoms with Crippen molar-refractivity contribution in [1.82, 2.24) is 4.57 Å². The molecule has 0 radical (unpaired) electrons. The molecule has 0 aliphatic carbocycles. The van der Waals surface area contributed by atoms with E-state index in [2.05, 4.69) is 204 Å². The van der Waals surface area contributed by atoms with Crippen LogP contribution in [0.3, 0.4) is 0 Å². The Hall–Kier alpha value is -7.36. The Morgan fingerprint density at radius 3 is 1.95 bits per heavy atom. The van der Waals surface area contributed by atoms with Crippen LogP contribution in [0, 0.1) is 0 Å². The van der Waals surface area contributed by atoms with Gasteiger partial charge in [0.1, 0.15) is 11.2 Å². The van der Waals surface area contributed by atoms with Crippen LogP contribution in [0.25, 0.3) is 82.5 Å². The minimum absolute atomic E-state index is 0.869. The van der Waals surface area contributed by atoms with E-state index in [1.165, 1.54) is 49.4 Å². The number of para-hydroxylation sites is 3. The molecule has 0 amide bonds. The quantitative estimate of drug-likeness (QED) is 0.172. The van der Waals surface area contributed by atoms with Gasteiger partial charge in [-0.1, -0.05) is 140 Å². The average Bonchev–Trinajstić information content (AvgIpc) is 3.80. The fourth-order valence-electron chi connectivity index (χ4n) is 8.43. The molecule has 3 nitrogen and oxygen atoms in total. The lowest BCUT2D eigenvalue weighted by Gasteiger charge is -2.28. The van der Waals surface area contributed by atoms with Crippen molar-refractivity contribution in [3.05, 3.63) is 206 Å². The van der Waals surface area contributed by atoms with Crippen molar-refractivity contribution in [2.24, 2.45) is 0 Å². The summed E-state index contributed by atoms with van der Waals surface area (Å²) in [6.07, 6.45) is 0. The molecule has 11 aromatic rings. The zero-order valence-electron chi connectivity index (χ0n) is 29.9. The fraction of sp³-hybridized carbons (Fsp3) is 0. The molecule has 3 heteroatoms. The first-order valence-corrected chi connectivity index (χ1v) is 18.8. The van der Waals surface area contributed by atoms with Gasteiger partial charge in [-0.2, -0.15) is 0 Å². The van der Waals surface area contributed by atoms with Gasteiger partial charge in [0, 0.05) is 33.1 Å². The van der Waals surface area contributed by atoms with Crippen LogP contribution in [-0.4, -0.2) is 4.57 Å². The molecule has 0 atom stereocenters. The smallest absolute Gasteiger partial charge is 0.137 e. The number of rotatable bonds is 6. The van der Waals surface area contributed by atoms with E-state index in [1.54, 1.807) is 0 Å². The summed E-state index contributed by atoms with van der Waals surface area (Å²) in [5, 5.41) is 7.16. The van der Waals surface area contributed by atoms with E-state index in [-0.39, 0.29) is 0 Å². The molecule has 0 N–H and O–H groups in total. The van der Waals surface area contributed by atoms with E-state index in [1.807, 2.05) is 12.1 Å². The summed E-state index contributed by atoms with van der Waals surface area (Å²) < 4.78 is 8.79. The molecule has 9 aromatic carbocycles. The van der Waals surface area contributed by atoms with Crippen molar-refractivity contribution in [1.29, 1.82) is 0 Å². The topological polar surface area (TPSA) is 21.3 Å². The molecule has 0 fully saturated rings. The molecular formula is C52H34N2O. The van der Waals surface area contributed by atoms with Gasteiger partial charge in [0.25, 0.3) is 0 Å². The molecular weight excluding hydrogens is 669 g/mol. The van der Waals surface area contributed by atoms with Crippen molar-refractivity contribution in [2.75, 3.05) is 4.90 Å². The summed E-state index contributed by atoms with van der Waals surface area (Å²) in [5.74, 6) is 0. The molecule has 0 aliphatic heterocycles. The molecule has 55 heavy (non-hydrogen) atoms. The van der Waals surface area contributed by atoms with Gasteiger partial charge in [-0.25, -0.2) is 0 Å². The zero-order chi connectivity index (χ0) is 36.3. The van der Waals surface area contributed by atoms with Gasteiger partial charge in [0.15, 0.2) is 0 Å². The molecule has 11 rings (SSSR count). The van der Waals surface area contributed by atoms with Crippen LogP contribution < -0.4 is 4.90 Å². The van der Waals surface area contributed by atoms with Crippen LogP contribution in [0.15, 0.2) is 211 Å². The number of hydrogen-bond donors (Lipinski definition) is 0. The van der Waals surface area contributed by atoms with Crippen LogP contribution in [0.5, 0.6) is 0 Å². The Morgan fingerprint density at radius 2 is 1.05 bits per heavy atom. The lowest BCUT2D eigenvalue weighted by molar-refractivity contribution is 0.669. The number of hydrogen-bond acceptors (Lipinski definition) is 2. The summed E-state index contributed by atoms with van der Waals surface area (Å²) in [5.41, 5.74) is 13.2. The van der Waals surface area contributed by atoms with Crippen molar-refractivity contribution in [3.8, 4) is 27.9 Å². The van der Waals surface area contributed by atoms with Crippen LogP contribution >= 0.6 is 0 Å². The first-order valence-electron chi connectivity index (χ1n) is 18.8. The maximum atomic E-state index is 6.39. The second kappa shape index (κ2) is 12.6. The summed E-state index contributed by atoms with van der Waals surface area (Å²) in [6, 6.07) is 73.9. The third kappa shape index (κ3) is 5.13. The van der Waals surface area contributed by atoms with E-state index in [0.717, 1.165) is 50.1 Å². The first kappa shape index (κ1) is 31.2. The van der Waals surface area contributed by atoms with Crippen LogP contribution in [0.4, 0.5) is 17.1 Å². The first-order chi connectivity index (χ1) is 27.3. The van der Waals surface area contributed by atoms with E-state index < -0.39 is 0 Å². The van der Waals surface area contributed by atoms with E-state index >= 15 is 0 Å². The molecule has 0 saturated heterocycles. The highest BCUT2D eigenvalue weighted by Gasteiger charge is 2.22. The molecule has 0 unspecified atom stereocenters. The van der Waals surface area contributed by atoms with Crippen molar-refractivity contribution in [2.45, 2.75) is 0 Å². The van der Waals surface area contributed by atoms with Crippen LogP contribution in [-0.2, 0) is 0 Å². The SMILES string of the molecule is c1ccc(-c2ccccc2N(c2ccc(-c3ccc4c(c3)c3ccccc3n4-c3ccc4ccccc4c3)cc2)c2cccc3oc4ccccc4c23)cc1. The highest BCUT2D eigenvalue weighted by atomic mass is 16.3. The van der Waals surface area contributed by atoms with E-state index in [9.17, 15) is 0 Å². The number of nitrogens with zero attached hydrogens (tertiary/aromatic N) is 2. The summed E-state index contributed by atoms with van der Waals surface area (Å²) in [4.78, 5) is 2.39. The molecule has 0 spiro atoms. The Morgan fingerprint density at radius 1 is 0.382 bits per heavy atom. The fourth-order valence-corrected chi connectivity index (χ4v) is 8.43. The number of anilines is 3. The molecule has 2 aromatic heterocycles. The monoisotopic (exact) mass is 702 g/mol. The Kier molecular flexibility index (Phi) is 7.17. The van der Waals surface area contributed by atoms with Gasteiger partial charge in [-0.05, 0) is 94.2 Å². The maximum Gasteiger partial charge on any atom is 0.137 e. The van der Waals surface area contributed by atoms with E-state index in [4.69, 9.17) is 4.42 Å². The van der Waals surface area contributed by atoms with Crippen molar-refractivity contribution < 1.29 is 4.42 Å². The second-order valence-electron chi connectivity index (χ2n) is 14.1. The molecule has 0 bridgehead atoms. The number of aromatic nitrogens is 1. The van der Waals surface area contributed by atoms with Crippen LogP contribution in [0.1, 0.15) is 0 Å². The number of benzene rings is 9. The van der Waals surface area contributed by atoms with Gasteiger partial charge in [0.05, 0.1) is 27.8 Å². The molecule has 258 valence electrons. The molecule has 0 aliphatic rings. The number of fused-ring (bicyclic) bond motifs is 7. The van der Waals surface area contributed by atoms with Crippen molar-refractivity contribution >= 4 is 71.6 Å². The van der Waals surface area contributed by atoms with Gasteiger partial charge in [-0.3, -0.25) is 0 Å². The average molecular weight is 703 g/mol. The lowest BCUT2D eigenvalue weighted by Crippen LogP contribution is -2.11. The van der Waals surface area contributed by atoms with Gasteiger partial charge >= 0.3 is 0 Å². The highest BCUT2D eigenvalue weighted by Crippen LogP contribution is 2.46. The van der Waals surface area contributed by atoms with E-state index in [0.29, 0.717) is 0 Å². The van der Waals surface area contributed by atoms with Gasteiger partial charge < -0.3 is 13.9 Å². The zero-order valence-corrected chi connectivity index (χ0v) is 29.9. The highest BCUT2D eigenvalue weighted by molar-refractivity contribution is 6.14. The summed E-state index contributed by atoms with van der Waals surface area (Å²) in [6.45, 7) is 0. The van der Waals surface area contributed by atoms with Crippen molar-refractivity contribution in [3.63, 3.8) is 0 Å². The minimum Gasteiger partial charge on any atom is -0.456 e. The Labute approximate surface area is 318 Å². The van der Waals surface area contributed by atoms with Gasteiger partial charge in [0.2, 0.25) is 0 Å². The maximum absolute atomic E-state index is 6.39. The lowest BCUT2D eigenvalue weighted by atomic mass is 9.99. The summed E-state index contributed by atoms with van der Waals surface area (Å²) >= 11 is 0. The standard InChI is InChI=1S/C52H34N2O/c1-2-14-37(15-3-1)42-17-6-9-20-46(42)53(49-22-12-24-51-52(49)44-19-8-11-23-50(44)55-51)40-29-25-36(26-30-40)39-28-32-48-45(34-39)43-18-7-10-21-47(43)54(48)41-31-27-35-13-4-5-16-38(35)33-41/h1-34H. The largest absolute Gasteiger partial charge is 0.456 e. The third-order valence-corrected chi connectivity index (χ3v) is 11.0. The predicted molar refractivity (Wildman–Crippen MR) is 231 cm³/mol. The Bertz CT molecular complexity index is 3210. The third-order valence-electron chi connectivity index (χ3n) is 11.0. The molecule has 0 saturated carbocycles. The second-order valence-corrected chi connectivity index (χ2v) is 14.1. The van der Waals surface area contributed by atoms with Gasteiger partial charge in [-0.15, -0.1) is 0 Å². The minimum atomic E-state index is 0.869.